The summed E-state index contributed by atoms with van der Waals surface area (Å²) >= 11 is 0. The molecule has 2 heterocycles. The third kappa shape index (κ3) is 2.12. The second-order valence-electron chi connectivity index (χ2n) is 3.59. The first kappa shape index (κ1) is 10.0. The Morgan fingerprint density at radius 3 is 3.20 bits per heavy atom. The number of piperazine rings is 1. The third-order valence-electron chi connectivity index (χ3n) is 2.57. The normalized spacial score (nSPS) is 21.4. The van der Waals surface area contributed by atoms with Crippen LogP contribution in [0, 0.1) is 0 Å². The molecule has 0 aromatic carbocycles. The van der Waals surface area contributed by atoms with Crippen LogP contribution in [0.3, 0.4) is 0 Å². The van der Waals surface area contributed by atoms with Crippen molar-refractivity contribution in [3.63, 3.8) is 0 Å². The summed E-state index contributed by atoms with van der Waals surface area (Å²) in [6, 6.07) is 1.73. The largest absolute Gasteiger partial charge is 0.344 e. The summed E-state index contributed by atoms with van der Waals surface area (Å²) < 4.78 is 0. The number of anilines is 1. The van der Waals surface area contributed by atoms with E-state index in [4.69, 9.17) is 0 Å². The molecule has 1 aromatic heterocycles. The molecule has 1 fully saturated rings. The van der Waals surface area contributed by atoms with Gasteiger partial charge in [-0.2, -0.15) is 0 Å². The SMILES string of the molecule is CC(=O)C1CNCCN1c1ccncn1. The number of hydrogen-bond acceptors (Lipinski definition) is 5. The summed E-state index contributed by atoms with van der Waals surface area (Å²) in [5, 5.41) is 3.21. The average molecular weight is 206 g/mol. The Labute approximate surface area is 88.5 Å². The Hall–Kier alpha value is -1.49. The van der Waals surface area contributed by atoms with E-state index >= 15 is 0 Å². The van der Waals surface area contributed by atoms with Gasteiger partial charge in [0.1, 0.15) is 18.2 Å². The molecule has 15 heavy (non-hydrogen) atoms. The fourth-order valence-corrected chi connectivity index (χ4v) is 1.80. The van der Waals surface area contributed by atoms with E-state index in [1.54, 1.807) is 13.1 Å². The topological polar surface area (TPSA) is 58.1 Å². The van der Waals surface area contributed by atoms with Crippen LogP contribution in [-0.2, 0) is 4.79 Å². The highest BCUT2D eigenvalue weighted by Crippen LogP contribution is 2.14. The fraction of sp³-hybridized carbons (Fsp3) is 0.500. The summed E-state index contributed by atoms with van der Waals surface area (Å²) in [4.78, 5) is 21.5. The molecule has 1 aliphatic heterocycles. The van der Waals surface area contributed by atoms with Crippen LogP contribution >= 0.6 is 0 Å². The van der Waals surface area contributed by atoms with Gasteiger partial charge in [0.15, 0.2) is 5.78 Å². The summed E-state index contributed by atoms with van der Waals surface area (Å²) in [6.07, 6.45) is 3.20. The first-order valence-corrected chi connectivity index (χ1v) is 5.03. The summed E-state index contributed by atoms with van der Waals surface area (Å²) in [5.74, 6) is 0.993. The molecule has 1 aliphatic rings. The smallest absolute Gasteiger partial charge is 0.153 e. The van der Waals surface area contributed by atoms with Crippen molar-refractivity contribution in [1.29, 1.82) is 0 Å². The zero-order valence-electron chi connectivity index (χ0n) is 8.68. The average Bonchev–Trinajstić information content (AvgIpc) is 2.30. The standard InChI is InChI=1S/C10H14N4O/c1-8(15)9-6-11-4-5-14(9)10-2-3-12-7-13-10/h2-3,7,9,11H,4-6H2,1H3. The Kier molecular flexibility index (Phi) is 2.91. The number of hydrogen-bond donors (Lipinski definition) is 1. The van der Waals surface area contributed by atoms with Gasteiger partial charge < -0.3 is 10.2 Å². The van der Waals surface area contributed by atoms with Crippen LogP contribution in [0.5, 0.6) is 0 Å². The lowest BCUT2D eigenvalue weighted by Gasteiger charge is -2.35. The van der Waals surface area contributed by atoms with Gasteiger partial charge in [0, 0.05) is 25.8 Å². The molecule has 0 aliphatic carbocycles. The molecule has 1 atom stereocenters. The molecule has 0 spiro atoms. The summed E-state index contributed by atoms with van der Waals surface area (Å²) in [5.41, 5.74) is 0. The molecule has 0 amide bonds. The van der Waals surface area contributed by atoms with Crippen molar-refractivity contribution in [3.05, 3.63) is 18.6 Å². The Morgan fingerprint density at radius 1 is 1.67 bits per heavy atom. The van der Waals surface area contributed by atoms with Gasteiger partial charge in [-0.15, -0.1) is 0 Å². The first-order chi connectivity index (χ1) is 7.29. The lowest BCUT2D eigenvalue weighted by atomic mass is 10.1. The van der Waals surface area contributed by atoms with E-state index in [1.807, 2.05) is 11.0 Å². The van der Waals surface area contributed by atoms with Crippen LogP contribution in [0.1, 0.15) is 6.92 Å². The van der Waals surface area contributed by atoms with Crippen LogP contribution in [0.4, 0.5) is 5.82 Å². The van der Waals surface area contributed by atoms with Crippen molar-refractivity contribution in [1.82, 2.24) is 15.3 Å². The molecular weight excluding hydrogens is 192 g/mol. The minimum absolute atomic E-state index is 0.103. The van der Waals surface area contributed by atoms with E-state index in [9.17, 15) is 4.79 Å². The Bertz CT molecular complexity index is 341. The summed E-state index contributed by atoms with van der Waals surface area (Å²) in [6.45, 7) is 4.00. The molecule has 1 aromatic rings. The highest BCUT2D eigenvalue weighted by atomic mass is 16.1. The quantitative estimate of drug-likeness (QED) is 0.729. The molecule has 1 saturated heterocycles. The van der Waals surface area contributed by atoms with Gasteiger partial charge in [0.25, 0.3) is 0 Å². The van der Waals surface area contributed by atoms with Gasteiger partial charge in [-0.25, -0.2) is 9.97 Å². The van der Waals surface area contributed by atoms with Crippen molar-refractivity contribution in [2.75, 3.05) is 24.5 Å². The lowest BCUT2D eigenvalue weighted by molar-refractivity contribution is -0.118. The van der Waals surface area contributed by atoms with Gasteiger partial charge >= 0.3 is 0 Å². The molecule has 5 heteroatoms. The lowest BCUT2D eigenvalue weighted by Crippen LogP contribution is -2.54. The van der Waals surface area contributed by atoms with Gasteiger partial charge in [-0.05, 0) is 13.0 Å². The van der Waals surface area contributed by atoms with E-state index in [0.717, 1.165) is 18.9 Å². The van der Waals surface area contributed by atoms with E-state index in [-0.39, 0.29) is 11.8 Å². The second-order valence-corrected chi connectivity index (χ2v) is 3.59. The Morgan fingerprint density at radius 2 is 2.53 bits per heavy atom. The second kappa shape index (κ2) is 4.35. The van der Waals surface area contributed by atoms with E-state index in [0.29, 0.717) is 6.54 Å². The Balaban J connectivity index is 2.22. The molecule has 5 nitrogen and oxygen atoms in total. The number of nitrogens with zero attached hydrogens (tertiary/aromatic N) is 3. The minimum Gasteiger partial charge on any atom is -0.344 e. The van der Waals surface area contributed by atoms with E-state index in [1.165, 1.54) is 6.33 Å². The maximum atomic E-state index is 11.5. The van der Waals surface area contributed by atoms with Crippen LogP contribution in [-0.4, -0.2) is 41.4 Å². The number of aromatic nitrogens is 2. The highest BCUT2D eigenvalue weighted by molar-refractivity contribution is 5.85. The molecule has 80 valence electrons. The number of carbonyl (C=O) groups excluding carboxylic acids is 1. The van der Waals surface area contributed by atoms with Crippen molar-refractivity contribution < 1.29 is 4.79 Å². The predicted octanol–water partition coefficient (Wildman–Crippen LogP) is -0.156. The maximum absolute atomic E-state index is 11.5. The van der Waals surface area contributed by atoms with Gasteiger partial charge in [0.05, 0.1) is 0 Å². The van der Waals surface area contributed by atoms with Crippen LogP contribution in [0.2, 0.25) is 0 Å². The summed E-state index contributed by atoms with van der Waals surface area (Å²) in [7, 11) is 0. The van der Waals surface area contributed by atoms with Gasteiger partial charge in [-0.3, -0.25) is 4.79 Å². The fourth-order valence-electron chi connectivity index (χ4n) is 1.80. The van der Waals surface area contributed by atoms with E-state index in [2.05, 4.69) is 15.3 Å². The zero-order valence-corrected chi connectivity index (χ0v) is 8.68. The van der Waals surface area contributed by atoms with Crippen molar-refractivity contribution in [2.45, 2.75) is 13.0 Å². The third-order valence-corrected chi connectivity index (χ3v) is 2.57. The van der Waals surface area contributed by atoms with Crippen LogP contribution < -0.4 is 10.2 Å². The number of rotatable bonds is 2. The molecule has 0 bridgehead atoms. The molecule has 0 saturated carbocycles. The molecule has 1 N–H and O–H groups in total. The number of ketones is 1. The van der Waals surface area contributed by atoms with Crippen molar-refractivity contribution in [3.8, 4) is 0 Å². The van der Waals surface area contributed by atoms with E-state index < -0.39 is 0 Å². The van der Waals surface area contributed by atoms with Gasteiger partial charge in [0.2, 0.25) is 0 Å². The van der Waals surface area contributed by atoms with Crippen LogP contribution in [0.25, 0.3) is 0 Å². The van der Waals surface area contributed by atoms with Crippen molar-refractivity contribution >= 4 is 11.6 Å². The van der Waals surface area contributed by atoms with Gasteiger partial charge in [-0.1, -0.05) is 0 Å². The minimum atomic E-state index is -0.103. The first-order valence-electron chi connectivity index (χ1n) is 5.03. The molecular formula is C10H14N4O. The number of nitrogens with one attached hydrogen (secondary N) is 1. The molecule has 2 rings (SSSR count). The van der Waals surface area contributed by atoms with Crippen molar-refractivity contribution in [2.24, 2.45) is 0 Å². The highest BCUT2D eigenvalue weighted by Gasteiger charge is 2.26. The molecule has 0 radical (unpaired) electrons. The monoisotopic (exact) mass is 206 g/mol. The number of Topliss-reactive ketones (excluding diaryl/α,β-unsaturated/α-hetero) is 1. The maximum Gasteiger partial charge on any atom is 0.153 e. The van der Waals surface area contributed by atoms with Crippen LogP contribution in [0.15, 0.2) is 18.6 Å². The molecule has 1 unspecified atom stereocenters. The number of carbonyl (C=O) groups is 1. The predicted molar refractivity (Wildman–Crippen MR) is 56.7 cm³/mol. The zero-order chi connectivity index (χ0) is 10.7.